The molecule has 1 heterocycles. The van der Waals surface area contributed by atoms with Crippen molar-refractivity contribution in [1.82, 2.24) is 0 Å². The zero-order chi connectivity index (χ0) is 15.0. The monoisotopic (exact) mass is 292 g/mol. The fourth-order valence-electron chi connectivity index (χ4n) is 1.88. The van der Waals surface area contributed by atoms with Crippen molar-refractivity contribution in [2.45, 2.75) is 6.29 Å². The maximum absolute atomic E-state index is 13.5. The summed E-state index contributed by atoms with van der Waals surface area (Å²) < 4.78 is 47.8. The molecule has 4 nitrogen and oxygen atoms in total. The number of halogens is 3. The molecule has 0 saturated carbocycles. The highest BCUT2D eigenvalue weighted by atomic mass is 19.3. The van der Waals surface area contributed by atoms with Crippen LogP contribution in [-0.2, 0) is 0 Å². The third-order valence-corrected chi connectivity index (χ3v) is 2.78. The van der Waals surface area contributed by atoms with Gasteiger partial charge in [0.25, 0.3) is 0 Å². The van der Waals surface area contributed by atoms with Crippen LogP contribution in [0.25, 0.3) is 0 Å². The Hall–Kier alpha value is -2.88. The van der Waals surface area contributed by atoms with E-state index in [0.29, 0.717) is 11.4 Å². The molecule has 21 heavy (non-hydrogen) atoms. The van der Waals surface area contributed by atoms with E-state index in [1.165, 1.54) is 30.3 Å². The topological polar surface area (TPSA) is 54.3 Å². The van der Waals surface area contributed by atoms with Gasteiger partial charge in [0, 0.05) is 17.4 Å². The van der Waals surface area contributed by atoms with Crippen LogP contribution in [0.5, 0.6) is 11.5 Å². The van der Waals surface area contributed by atoms with Gasteiger partial charge < -0.3 is 14.8 Å². The van der Waals surface area contributed by atoms with Crippen molar-refractivity contribution in [2.75, 3.05) is 5.32 Å². The van der Waals surface area contributed by atoms with Crippen molar-refractivity contribution < 1.29 is 22.6 Å². The van der Waals surface area contributed by atoms with Crippen LogP contribution >= 0.6 is 0 Å². The lowest BCUT2D eigenvalue weighted by atomic mass is 10.2. The number of ether oxygens (including phenoxy) is 2. The van der Waals surface area contributed by atoms with Gasteiger partial charge in [0.15, 0.2) is 11.5 Å². The van der Waals surface area contributed by atoms with Gasteiger partial charge in [0.2, 0.25) is 0 Å². The molecule has 0 fully saturated rings. The summed E-state index contributed by atoms with van der Waals surface area (Å²) in [6, 6.07) is 9.78. The first kappa shape index (κ1) is 13.1. The van der Waals surface area contributed by atoms with Crippen LogP contribution < -0.4 is 14.8 Å². The van der Waals surface area contributed by atoms with E-state index in [-0.39, 0.29) is 17.1 Å². The normalized spacial score (nSPS) is 14.6. The zero-order valence-corrected chi connectivity index (χ0v) is 10.4. The van der Waals surface area contributed by atoms with Gasteiger partial charge >= 0.3 is 6.29 Å². The molecule has 0 radical (unpaired) electrons. The molecule has 1 aliphatic rings. The van der Waals surface area contributed by atoms with E-state index in [2.05, 4.69) is 14.8 Å². The molecule has 2 aromatic rings. The van der Waals surface area contributed by atoms with Gasteiger partial charge in [0.1, 0.15) is 11.9 Å². The van der Waals surface area contributed by atoms with Crippen LogP contribution in [0, 0.1) is 17.1 Å². The summed E-state index contributed by atoms with van der Waals surface area (Å²) in [5, 5.41) is 11.5. The van der Waals surface area contributed by atoms with Gasteiger partial charge in [0.05, 0.1) is 5.56 Å². The maximum atomic E-state index is 13.5. The average Bonchev–Trinajstić information content (AvgIpc) is 2.72. The van der Waals surface area contributed by atoms with Gasteiger partial charge in [-0.05, 0) is 30.3 Å². The maximum Gasteiger partial charge on any atom is 0.586 e. The van der Waals surface area contributed by atoms with E-state index in [4.69, 9.17) is 5.26 Å². The molecule has 106 valence electrons. The van der Waals surface area contributed by atoms with Gasteiger partial charge in [-0.25, -0.2) is 4.39 Å². The van der Waals surface area contributed by atoms with E-state index < -0.39 is 12.1 Å². The number of anilines is 2. The predicted molar refractivity (Wildman–Crippen MR) is 67.0 cm³/mol. The number of hydrogen-bond donors (Lipinski definition) is 1. The van der Waals surface area contributed by atoms with Crippen molar-refractivity contribution in [3.05, 3.63) is 47.8 Å². The molecule has 0 aliphatic carbocycles. The van der Waals surface area contributed by atoms with Gasteiger partial charge in [-0.2, -0.15) is 5.26 Å². The second-order valence-electron chi connectivity index (χ2n) is 4.26. The number of alkyl halides is 2. The molecule has 0 amide bonds. The lowest BCUT2D eigenvalue weighted by molar-refractivity contribution is -0.286. The van der Waals surface area contributed by atoms with Crippen molar-refractivity contribution in [1.29, 1.82) is 5.26 Å². The third kappa shape index (κ3) is 2.56. The van der Waals surface area contributed by atoms with Crippen LogP contribution in [0.4, 0.5) is 24.5 Å². The van der Waals surface area contributed by atoms with Crippen molar-refractivity contribution >= 4 is 11.4 Å². The molecule has 0 bridgehead atoms. The molecule has 3 rings (SSSR count). The standard InChI is InChI=1S/C14H7F3N2O2/c15-11-5-9(2-1-8(11)7-18)19-10-3-4-12-13(6-10)21-14(16,17)20-12/h1-6,19H. The average molecular weight is 292 g/mol. The molecule has 1 N–H and O–H groups in total. The second kappa shape index (κ2) is 4.59. The van der Waals surface area contributed by atoms with Crippen LogP contribution in [0.3, 0.4) is 0 Å². The minimum absolute atomic E-state index is 0.0726. The number of benzene rings is 2. The molecule has 1 aliphatic heterocycles. The highest BCUT2D eigenvalue weighted by molar-refractivity contribution is 5.64. The molecule has 2 aromatic carbocycles. The van der Waals surface area contributed by atoms with E-state index in [1.807, 2.05) is 0 Å². The number of fused-ring (bicyclic) bond motifs is 1. The first-order chi connectivity index (χ1) is 9.97. The summed E-state index contributed by atoms with van der Waals surface area (Å²) in [5.41, 5.74) is 0.710. The van der Waals surface area contributed by atoms with E-state index in [9.17, 15) is 13.2 Å². The van der Waals surface area contributed by atoms with E-state index in [0.717, 1.165) is 6.07 Å². The van der Waals surface area contributed by atoms with E-state index >= 15 is 0 Å². The minimum Gasteiger partial charge on any atom is -0.395 e. The summed E-state index contributed by atoms with van der Waals surface area (Å²) >= 11 is 0. The molecular weight excluding hydrogens is 285 g/mol. The Kier molecular flexibility index (Phi) is 2.87. The van der Waals surface area contributed by atoms with E-state index in [1.54, 1.807) is 6.07 Å². The number of rotatable bonds is 2. The first-order valence-corrected chi connectivity index (χ1v) is 5.83. The summed E-state index contributed by atoms with van der Waals surface area (Å²) in [4.78, 5) is 0. The largest absolute Gasteiger partial charge is 0.586 e. The Labute approximate surface area is 117 Å². The van der Waals surface area contributed by atoms with Crippen molar-refractivity contribution in [3.63, 3.8) is 0 Å². The summed E-state index contributed by atoms with van der Waals surface area (Å²) in [5.74, 6) is -0.856. The van der Waals surface area contributed by atoms with Crippen molar-refractivity contribution in [2.24, 2.45) is 0 Å². The Morgan fingerprint density at radius 2 is 1.67 bits per heavy atom. The highest BCUT2D eigenvalue weighted by Gasteiger charge is 2.43. The molecular formula is C14H7F3N2O2. The first-order valence-electron chi connectivity index (χ1n) is 5.83. The van der Waals surface area contributed by atoms with Crippen LogP contribution in [0.15, 0.2) is 36.4 Å². The summed E-state index contributed by atoms with van der Waals surface area (Å²) in [6.45, 7) is 0. The van der Waals surface area contributed by atoms with Crippen LogP contribution in [-0.4, -0.2) is 6.29 Å². The Morgan fingerprint density at radius 3 is 2.38 bits per heavy atom. The number of nitrogens with one attached hydrogen (secondary N) is 1. The van der Waals surface area contributed by atoms with Gasteiger partial charge in [-0.1, -0.05) is 0 Å². The second-order valence-corrected chi connectivity index (χ2v) is 4.26. The van der Waals surface area contributed by atoms with Crippen molar-refractivity contribution in [3.8, 4) is 17.6 Å². The molecule has 7 heteroatoms. The molecule has 0 aromatic heterocycles. The SMILES string of the molecule is N#Cc1ccc(Nc2ccc3c(c2)OC(F)(F)O3)cc1F. The van der Waals surface area contributed by atoms with Gasteiger partial charge in [-0.3, -0.25) is 0 Å². The molecule has 0 unspecified atom stereocenters. The zero-order valence-electron chi connectivity index (χ0n) is 10.4. The predicted octanol–water partition coefficient (Wildman–Crippen LogP) is 3.76. The van der Waals surface area contributed by atoms with Gasteiger partial charge in [-0.15, -0.1) is 8.78 Å². The molecule has 0 atom stereocenters. The molecule has 0 saturated heterocycles. The molecule has 0 spiro atoms. The third-order valence-electron chi connectivity index (χ3n) is 2.78. The number of hydrogen-bond acceptors (Lipinski definition) is 4. The lowest BCUT2D eigenvalue weighted by Gasteiger charge is -2.07. The van der Waals surface area contributed by atoms with Crippen LogP contribution in [0.1, 0.15) is 5.56 Å². The minimum atomic E-state index is -3.68. The summed E-state index contributed by atoms with van der Waals surface area (Å²) in [7, 11) is 0. The summed E-state index contributed by atoms with van der Waals surface area (Å²) in [6.07, 6.45) is -3.68. The Balaban J connectivity index is 1.84. The fraction of sp³-hybridized carbons (Fsp3) is 0.0714. The Morgan fingerprint density at radius 1 is 1.00 bits per heavy atom. The highest BCUT2D eigenvalue weighted by Crippen LogP contribution is 2.42. The lowest BCUT2D eigenvalue weighted by Crippen LogP contribution is -2.25. The van der Waals surface area contributed by atoms with Crippen LogP contribution in [0.2, 0.25) is 0 Å². The fourth-order valence-corrected chi connectivity index (χ4v) is 1.88. The smallest absolute Gasteiger partial charge is 0.395 e. The quantitative estimate of drug-likeness (QED) is 0.915. The Bertz CT molecular complexity index is 756. The number of nitriles is 1. The number of nitrogens with zero attached hydrogens (tertiary/aromatic N) is 1.